The average Bonchev–Trinajstić information content (AvgIpc) is 3.08. The van der Waals surface area contributed by atoms with E-state index in [-0.39, 0.29) is 24.9 Å². The monoisotopic (exact) mass is 353 g/mol. The van der Waals surface area contributed by atoms with E-state index in [1.54, 1.807) is 24.3 Å². The number of carbonyl (C=O) groups excluding carboxylic acids is 2. The average molecular weight is 354 g/mol. The second-order valence-electron chi connectivity index (χ2n) is 4.66. The quantitative estimate of drug-likeness (QED) is 0.776. The van der Waals surface area contributed by atoms with E-state index in [1.165, 1.54) is 18.4 Å². The van der Waals surface area contributed by atoms with Gasteiger partial charge in [-0.1, -0.05) is 17.7 Å². The molecule has 1 heterocycles. The molecule has 1 unspecified atom stereocenters. The number of esters is 1. The van der Waals surface area contributed by atoms with Gasteiger partial charge in [0.1, 0.15) is 5.75 Å². The molecule has 23 heavy (non-hydrogen) atoms. The molecule has 0 spiro atoms. The number of nitrogens with one attached hydrogen (secondary N) is 1. The molecule has 0 bridgehead atoms. The predicted molar refractivity (Wildman–Crippen MR) is 88.8 cm³/mol. The predicted octanol–water partition coefficient (Wildman–Crippen LogP) is 3.20. The highest BCUT2D eigenvalue weighted by Gasteiger charge is 2.20. The highest BCUT2D eigenvalue weighted by molar-refractivity contribution is 7.10. The van der Waals surface area contributed by atoms with Crippen molar-refractivity contribution in [2.45, 2.75) is 12.5 Å². The summed E-state index contributed by atoms with van der Waals surface area (Å²) in [4.78, 5) is 24.4. The summed E-state index contributed by atoms with van der Waals surface area (Å²) in [6.45, 7) is -0.148. The van der Waals surface area contributed by atoms with Gasteiger partial charge in [-0.05, 0) is 35.7 Å². The Morgan fingerprint density at radius 3 is 2.61 bits per heavy atom. The van der Waals surface area contributed by atoms with E-state index in [4.69, 9.17) is 16.3 Å². The van der Waals surface area contributed by atoms with Gasteiger partial charge in [-0.3, -0.25) is 9.59 Å². The number of thiophene rings is 1. The summed E-state index contributed by atoms with van der Waals surface area (Å²) in [7, 11) is 1.32. The molecule has 0 saturated heterocycles. The zero-order valence-electron chi connectivity index (χ0n) is 12.5. The van der Waals surface area contributed by atoms with Crippen LogP contribution in [-0.2, 0) is 14.3 Å². The van der Waals surface area contributed by atoms with Gasteiger partial charge < -0.3 is 14.8 Å². The van der Waals surface area contributed by atoms with Gasteiger partial charge in [-0.25, -0.2) is 0 Å². The lowest BCUT2D eigenvalue weighted by Crippen LogP contribution is -2.33. The van der Waals surface area contributed by atoms with Crippen LogP contribution < -0.4 is 10.1 Å². The number of rotatable bonds is 7. The lowest BCUT2D eigenvalue weighted by atomic mass is 10.1. The third kappa shape index (κ3) is 5.58. The van der Waals surface area contributed by atoms with E-state index in [0.717, 1.165) is 4.88 Å². The number of hydrogen-bond donors (Lipinski definition) is 1. The van der Waals surface area contributed by atoms with Crippen LogP contribution in [-0.4, -0.2) is 25.6 Å². The van der Waals surface area contributed by atoms with Crippen molar-refractivity contribution in [3.8, 4) is 5.75 Å². The molecular weight excluding hydrogens is 338 g/mol. The Labute approximate surface area is 143 Å². The van der Waals surface area contributed by atoms with E-state index in [9.17, 15) is 9.59 Å². The van der Waals surface area contributed by atoms with E-state index in [1.807, 2.05) is 17.5 Å². The first-order chi connectivity index (χ1) is 11.1. The molecule has 2 rings (SSSR count). The summed E-state index contributed by atoms with van der Waals surface area (Å²) in [6.07, 6.45) is 0.0731. The van der Waals surface area contributed by atoms with Crippen molar-refractivity contribution in [3.05, 3.63) is 51.7 Å². The Morgan fingerprint density at radius 2 is 2.00 bits per heavy atom. The van der Waals surface area contributed by atoms with Crippen LogP contribution in [0.3, 0.4) is 0 Å². The standard InChI is InChI=1S/C16H16ClNO4S/c1-21-16(20)9-13(14-3-2-8-23-14)18-15(19)10-22-12-6-4-11(17)5-7-12/h2-8,13H,9-10H2,1H3,(H,18,19). The zero-order chi connectivity index (χ0) is 16.7. The molecule has 1 aromatic heterocycles. The molecule has 7 heteroatoms. The Bertz CT molecular complexity index is 643. The molecule has 0 aliphatic rings. The van der Waals surface area contributed by atoms with Crippen molar-refractivity contribution in [1.29, 1.82) is 0 Å². The van der Waals surface area contributed by atoms with Gasteiger partial charge in [-0.15, -0.1) is 11.3 Å². The molecule has 0 saturated carbocycles. The summed E-state index contributed by atoms with van der Waals surface area (Å²) in [5, 5.41) is 5.27. The number of methoxy groups -OCH3 is 1. The van der Waals surface area contributed by atoms with Crippen LogP contribution >= 0.6 is 22.9 Å². The topological polar surface area (TPSA) is 64.6 Å². The van der Waals surface area contributed by atoms with Crippen molar-refractivity contribution in [3.63, 3.8) is 0 Å². The Morgan fingerprint density at radius 1 is 1.26 bits per heavy atom. The molecule has 1 amide bonds. The molecule has 0 aliphatic carbocycles. The molecule has 122 valence electrons. The molecule has 0 radical (unpaired) electrons. The fourth-order valence-electron chi connectivity index (χ4n) is 1.88. The Hall–Kier alpha value is -2.05. The van der Waals surface area contributed by atoms with Crippen LogP contribution in [0, 0.1) is 0 Å². The third-order valence-corrected chi connectivity index (χ3v) is 4.24. The van der Waals surface area contributed by atoms with E-state index in [2.05, 4.69) is 10.1 Å². The van der Waals surface area contributed by atoms with Crippen LogP contribution in [0.2, 0.25) is 5.02 Å². The van der Waals surface area contributed by atoms with Crippen LogP contribution in [0.4, 0.5) is 0 Å². The summed E-state index contributed by atoms with van der Waals surface area (Å²) in [6, 6.07) is 10.0. The number of hydrogen-bond acceptors (Lipinski definition) is 5. The van der Waals surface area contributed by atoms with Crippen LogP contribution in [0.25, 0.3) is 0 Å². The van der Waals surface area contributed by atoms with Crippen molar-refractivity contribution in [1.82, 2.24) is 5.32 Å². The SMILES string of the molecule is COC(=O)CC(NC(=O)COc1ccc(Cl)cc1)c1cccs1. The van der Waals surface area contributed by atoms with Crippen molar-refractivity contribution >= 4 is 34.8 Å². The van der Waals surface area contributed by atoms with Gasteiger partial charge >= 0.3 is 5.97 Å². The summed E-state index contributed by atoms with van der Waals surface area (Å²) in [5.74, 6) is -0.158. The van der Waals surface area contributed by atoms with Gasteiger partial charge in [0, 0.05) is 9.90 Å². The highest BCUT2D eigenvalue weighted by Crippen LogP contribution is 2.22. The lowest BCUT2D eigenvalue weighted by Gasteiger charge is -2.16. The van der Waals surface area contributed by atoms with E-state index < -0.39 is 6.04 Å². The fraction of sp³-hybridized carbons (Fsp3) is 0.250. The van der Waals surface area contributed by atoms with Crippen LogP contribution in [0.5, 0.6) is 5.75 Å². The van der Waals surface area contributed by atoms with Gasteiger partial charge in [0.05, 0.1) is 19.6 Å². The van der Waals surface area contributed by atoms with Crippen molar-refractivity contribution in [2.75, 3.05) is 13.7 Å². The van der Waals surface area contributed by atoms with Crippen LogP contribution in [0.15, 0.2) is 41.8 Å². The fourth-order valence-corrected chi connectivity index (χ4v) is 2.78. The highest BCUT2D eigenvalue weighted by atomic mass is 35.5. The molecule has 5 nitrogen and oxygen atoms in total. The van der Waals surface area contributed by atoms with Crippen molar-refractivity contribution in [2.24, 2.45) is 0 Å². The maximum absolute atomic E-state index is 12.0. The molecular formula is C16H16ClNO4S. The summed E-state index contributed by atoms with van der Waals surface area (Å²) < 4.78 is 10.1. The smallest absolute Gasteiger partial charge is 0.307 e. The molecule has 2 aromatic rings. The van der Waals surface area contributed by atoms with E-state index in [0.29, 0.717) is 10.8 Å². The first-order valence-corrected chi connectivity index (χ1v) is 8.12. The molecule has 1 N–H and O–H groups in total. The minimum absolute atomic E-state index is 0.0731. The summed E-state index contributed by atoms with van der Waals surface area (Å²) in [5.41, 5.74) is 0. The normalized spacial score (nSPS) is 11.6. The number of halogens is 1. The number of carbonyl (C=O) groups is 2. The number of ether oxygens (including phenoxy) is 2. The lowest BCUT2D eigenvalue weighted by molar-refractivity contribution is -0.141. The van der Waals surface area contributed by atoms with Gasteiger partial charge in [0.25, 0.3) is 5.91 Å². The Balaban J connectivity index is 1.91. The second kappa shape index (κ2) is 8.55. The molecule has 0 aliphatic heterocycles. The third-order valence-electron chi connectivity index (χ3n) is 3.00. The van der Waals surface area contributed by atoms with Crippen molar-refractivity contribution < 1.29 is 19.1 Å². The first-order valence-electron chi connectivity index (χ1n) is 6.86. The minimum Gasteiger partial charge on any atom is -0.484 e. The Kier molecular flexibility index (Phi) is 6.43. The van der Waals surface area contributed by atoms with Gasteiger partial charge in [0.15, 0.2) is 6.61 Å². The molecule has 0 fully saturated rings. The minimum atomic E-state index is -0.427. The second-order valence-corrected chi connectivity index (χ2v) is 6.07. The molecule has 1 atom stereocenters. The molecule has 1 aromatic carbocycles. The maximum atomic E-state index is 12.0. The maximum Gasteiger partial charge on any atom is 0.307 e. The number of benzene rings is 1. The van der Waals surface area contributed by atoms with Gasteiger partial charge in [-0.2, -0.15) is 0 Å². The largest absolute Gasteiger partial charge is 0.484 e. The zero-order valence-corrected chi connectivity index (χ0v) is 14.0. The number of amides is 1. The van der Waals surface area contributed by atoms with E-state index >= 15 is 0 Å². The van der Waals surface area contributed by atoms with Gasteiger partial charge in [0.2, 0.25) is 0 Å². The first kappa shape index (κ1) is 17.3. The summed E-state index contributed by atoms with van der Waals surface area (Å²) >= 11 is 7.25. The van der Waals surface area contributed by atoms with Crippen LogP contribution in [0.1, 0.15) is 17.3 Å².